The fourth-order valence-electron chi connectivity index (χ4n) is 4.24. The van der Waals surface area contributed by atoms with Gasteiger partial charge < -0.3 is 9.32 Å². The van der Waals surface area contributed by atoms with Crippen LogP contribution in [0.1, 0.15) is 36.5 Å². The lowest BCUT2D eigenvalue weighted by atomic mass is 9.90. The SMILES string of the molecule is Cc1cc(C)cc(-c2nnc(SC(C)C(=O)N3CCC(Cc4ccccc4)CC3)o2)c1. The Hall–Kier alpha value is -2.60. The molecule has 2 aromatic carbocycles. The molecule has 1 aliphatic heterocycles. The van der Waals surface area contributed by atoms with Crippen molar-refractivity contribution in [1.29, 1.82) is 0 Å². The molecule has 4 rings (SSSR count). The van der Waals surface area contributed by atoms with E-state index >= 15 is 0 Å². The maximum atomic E-state index is 12.9. The molecular formula is C25H29N3O2S. The second-order valence-corrected chi connectivity index (χ2v) is 9.76. The summed E-state index contributed by atoms with van der Waals surface area (Å²) in [6.07, 6.45) is 3.20. The topological polar surface area (TPSA) is 59.2 Å². The number of aromatic nitrogens is 2. The highest BCUT2D eigenvalue weighted by atomic mass is 32.2. The van der Waals surface area contributed by atoms with Crippen LogP contribution >= 0.6 is 11.8 Å². The number of carbonyl (C=O) groups excluding carboxylic acids is 1. The minimum Gasteiger partial charge on any atom is -0.411 e. The molecule has 2 heterocycles. The molecule has 0 aliphatic carbocycles. The number of hydrogen-bond acceptors (Lipinski definition) is 5. The van der Waals surface area contributed by atoms with Crippen LogP contribution in [-0.2, 0) is 11.2 Å². The van der Waals surface area contributed by atoms with Crippen LogP contribution in [0.5, 0.6) is 0 Å². The van der Waals surface area contributed by atoms with Gasteiger partial charge in [-0.25, -0.2) is 0 Å². The maximum Gasteiger partial charge on any atom is 0.277 e. The molecule has 1 amide bonds. The molecule has 1 saturated heterocycles. The highest BCUT2D eigenvalue weighted by Gasteiger charge is 2.28. The van der Waals surface area contributed by atoms with Gasteiger partial charge >= 0.3 is 0 Å². The molecule has 1 aromatic heterocycles. The van der Waals surface area contributed by atoms with Crippen LogP contribution in [0.2, 0.25) is 0 Å². The van der Waals surface area contributed by atoms with Crippen LogP contribution in [0.3, 0.4) is 0 Å². The largest absolute Gasteiger partial charge is 0.411 e. The third kappa shape index (κ3) is 5.56. The molecule has 5 nitrogen and oxygen atoms in total. The van der Waals surface area contributed by atoms with Crippen molar-refractivity contribution in [3.8, 4) is 11.5 Å². The zero-order valence-electron chi connectivity index (χ0n) is 18.4. The first-order valence-electron chi connectivity index (χ1n) is 10.9. The van der Waals surface area contributed by atoms with Crippen molar-refractivity contribution in [1.82, 2.24) is 15.1 Å². The number of aryl methyl sites for hydroxylation is 2. The Balaban J connectivity index is 1.31. The van der Waals surface area contributed by atoms with Gasteiger partial charge in [0.2, 0.25) is 11.8 Å². The van der Waals surface area contributed by atoms with E-state index < -0.39 is 0 Å². The number of likely N-dealkylation sites (tertiary alicyclic amines) is 1. The van der Waals surface area contributed by atoms with Gasteiger partial charge in [0.25, 0.3) is 5.22 Å². The second kappa shape index (κ2) is 9.69. The molecule has 1 unspecified atom stereocenters. The molecular weight excluding hydrogens is 406 g/mol. The van der Waals surface area contributed by atoms with E-state index in [0.29, 0.717) is 17.0 Å². The first-order chi connectivity index (χ1) is 15.0. The van der Waals surface area contributed by atoms with Crippen molar-refractivity contribution in [2.24, 2.45) is 5.92 Å². The van der Waals surface area contributed by atoms with E-state index in [1.165, 1.54) is 17.3 Å². The van der Waals surface area contributed by atoms with E-state index in [1.54, 1.807) is 0 Å². The molecule has 0 radical (unpaired) electrons. The minimum absolute atomic E-state index is 0.148. The fourth-order valence-corrected chi connectivity index (χ4v) is 5.00. The lowest BCUT2D eigenvalue weighted by Gasteiger charge is -2.33. The van der Waals surface area contributed by atoms with E-state index in [9.17, 15) is 4.79 Å². The monoisotopic (exact) mass is 435 g/mol. The van der Waals surface area contributed by atoms with Gasteiger partial charge in [-0.2, -0.15) is 0 Å². The third-order valence-electron chi connectivity index (χ3n) is 5.79. The molecule has 0 saturated carbocycles. The van der Waals surface area contributed by atoms with E-state index in [-0.39, 0.29) is 11.2 Å². The van der Waals surface area contributed by atoms with Crippen LogP contribution in [0.25, 0.3) is 11.5 Å². The summed E-state index contributed by atoms with van der Waals surface area (Å²) in [6.45, 7) is 7.65. The average Bonchev–Trinajstić information content (AvgIpc) is 3.22. The van der Waals surface area contributed by atoms with E-state index in [0.717, 1.165) is 49.0 Å². The highest BCUT2D eigenvalue weighted by molar-refractivity contribution is 8.00. The maximum absolute atomic E-state index is 12.9. The molecule has 1 aliphatic rings. The van der Waals surface area contributed by atoms with Gasteiger partial charge in [-0.3, -0.25) is 4.79 Å². The van der Waals surface area contributed by atoms with Crippen molar-refractivity contribution in [2.45, 2.75) is 50.5 Å². The first-order valence-corrected chi connectivity index (χ1v) is 11.8. The summed E-state index contributed by atoms with van der Waals surface area (Å²) in [6, 6.07) is 16.8. The van der Waals surface area contributed by atoms with E-state index in [2.05, 4.69) is 46.6 Å². The zero-order chi connectivity index (χ0) is 21.8. The number of nitrogens with zero attached hydrogens (tertiary/aromatic N) is 3. The van der Waals surface area contributed by atoms with Gasteiger partial charge in [0.05, 0.1) is 5.25 Å². The van der Waals surface area contributed by atoms with Crippen molar-refractivity contribution < 1.29 is 9.21 Å². The lowest BCUT2D eigenvalue weighted by Crippen LogP contribution is -2.42. The molecule has 3 aromatic rings. The van der Waals surface area contributed by atoms with Crippen molar-refractivity contribution >= 4 is 17.7 Å². The molecule has 6 heteroatoms. The Bertz CT molecular complexity index is 1010. The first kappa shape index (κ1) is 21.6. The molecule has 0 N–H and O–H groups in total. The summed E-state index contributed by atoms with van der Waals surface area (Å²) in [4.78, 5) is 14.9. The summed E-state index contributed by atoms with van der Waals surface area (Å²) < 4.78 is 5.84. The van der Waals surface area contributed by atoms with Gasteiger partial charge in [0, 0.05) is 18.7 Å². The Morgan fingerprint density at radius 2 is 1.77 bits per heavy atom. The number of hydrogen-bond donors (Lipinski definition) is 0. The predicted molar refractivity (Wildman–Crippen MR) is 124 cm³/mol. The molecule has 1 fully saturated rings. The number of rotatable bonds is 6. The van der Waals surface area contributed by atoms with Crippen molar-refractivity contribution in [3.63, 3.8) is 0 Å². The van der Waals surface area contributed by atoms with Crippen LogP contribution in [0.15, 0.2) is 58.2 Å². The number of piperidine rings is 1. The Morgan fingerprint density at radius 3 is 2.45 bits per heavy atom. The predicted octanol–water partition coefficient (Wildman–Crippen LogP) is 5.32. The summed E-state index contributed by atoms with van der Waals surface area (Å²) in [5.74, 6) is 1.29. The van der Waals surface area contributed by atoms with Gasteiger partial charge in [-0.05, 0) is 63.6 Å². The van der Waals surface area contributed by atoms with Gasteiger partial charge in [-0.15, -0.1) is 10.2 Å². The molecule has 0 bridgehead atoms. The van der Waals surface area contributed by atoms with Crippen LogP contribution in [0, 0.1) is 19.8 Å². The molecule has 1 atom stereocenters. The quantitative estimate of drug-likeness (QED) is 0.491. The van der Waals surface area contributed by atoms with E-state index in [4.69, 9.17) is 4.42 Å². The summed E-state index contributed by atoms with van der Waals surface area (Å²) in [7, 11) is 0. The van der Waals surface area contributed by atoms with Crippen molar-refractivity contribution in [2.75, 3.05) is 13.1 Å². The second-order valence-electron chi connectivity index (χ2n) is 8.47. The Labute approximate surface area is 188 Å². The normalized spacial score (nSPS) is 15.8. The van der Waals surface area contributed by atoms with Crippen LogP contribution in [-0.4, -0.2) is 39.3 Å². The van der Waals surface area contributed by atoms with Gasteiger partial charge in [0.1, 0.15) is 0 Å². The standard InChI is InChI=1S/C25H29N3O2S/c1-17-13-18(2)15-22(14-17)23-26-27-25(30-23)31-19(3)24(29)28-11-9-21(10-12-28)16-20-7-5-4-6-8-20/h4-8,13-15,19,21H,9-12,16H2,1-3H3. The Kier molecular flexibility index (Phi) is 6.76. The van der Waals surface area contributed by atoms with Gasteiger partial charge in [0.15, 0.2) is 0 Å². The third-order valence-corrected chi connectivity index (χ3v) is 6.72. The summed E-state index contributed by atoms with van der Waals surface area (Å²) in [5.41, 5.74) is 4.60. The van der Waals surface area contributed by atoms with Crippen molar-refractivity contribution in [3.05, 3.63) is 65.2 Å². The van der Waals surface area contributed by atoms with E-state index in [1.807, 2.05) is 37.8 Å². The lowest BCUT2D eigenvalue weighted by molar-refractivity contribution is -0.131. The average molecular weight is 436 g/mol. The molecule has 0 spiro atoms. The highest BCUT2D eigenvalue weighted by Crippen LogP contribution is 2.29. The smallest absolute Gasteiger partial charge is 0.277 e. The Morgan fingerprint density at radius 1 is 1.10 bits per heavy atom. The fraction of sp³-hybridized carbons (Fsp3) is 0.400. The van der Waals surface area contributed by atoms with Gasteiger partial charge in [-0.1, -0.05) is 59.3 Å². The number of benzene rings is 2. The number of carbonyl (C=O) groups is 1. The summed E-state index contributed by atoms with van der Waals surface area (Å²) in [5, 5.41) is 8.52. The minimum atomic E-state index is -0.252. The van der Waals surface area contributed by atoms with Crippen LogP contribution < -0.4 is 0 Å². The summed E-state index contributed by atoms with van der Waals surface area (Å²) >= 11 is 1.34. The molecule has 162 valence electrons. The number of amides is 1. The number of thioether (sulfide) groups is 1. The molecule has 31 heavy (non-hydrogen) atoms. The zero-order valence-corrected chi connectivity index (χ0v) is 19.2. The van der Waals surface area contributed by atoms with Crippen LogP contribution in [0.4, 0.5) is 0 Å².